The minimum atomic E-state index is 0.0838. The van der Waals surface area contributed by atoms with Crippen LogP contribution in [-0.2, 0) is 0 Å². The zero-order chi connectivity index (χ0) is 14.7. The van der Waals surface area contributed by atoms with E-state index in [0.717, 1.165) is 32.5 Å². The van der Waals surface area contributed by atoms with Gasteiger partial charge >= 0.3 is 6.03 Å². The first kappa shape index (κ1) is 14.9. The molecule has 1 unspecified atom stereocenters. The summed E-state index contributed by atoms with van der Waals surface area (Å²) in [6, 6.07) is 5.17. The molecule has 1 atom stereocenters. The maximum atomic E-state index is 12.3. The van der Waals surface area contributed by atoms with Gasteiger partial charge in [-0.15, -0.1) is 11.3 Å². The van der Waals surface area contributed by atoms with Crippen molar-refractivity contribution in [1.82, 2.24) is 15.1 Å². The number of carbonyl (C=O) groups excluding carboxylic acids is 1. The molecule has 1 aliphatic heterocycles. The molecule has 0 radical (unpaired) electrons. The number of urea groups is 1. The largest absolute Gasteiger partial charge is 0.336 e. The van der Waals surface area contributed by atoms with Gasteiger partial charge in [-0.1, -0.05) is 6.07 Å². The number of hydrogen-bond acceptors (Lipinski definition) is 3. The molecule has 5 heteroatoms. The number of hydrogen-bond donors (Lipinski definition) is 1. The van der Waals surface area contributed by atoms with Crippen LogP contribution < -0.4 is 5.32 Å². The molecule has 2 aliphatic rings. The minimum absolute atomic E-state index is 0.0838. The minimum Gasteiger partial charge on any atom is -0.336 e. The highest BCUT2D eigenvalue weighted by molar-refractivity contribution is 7.10. The molecule has 116 valence electrons. The Hall–Kier alpha value is -1.07. The molecule has 1 N–H and O–H groups in total. The molecular weight excluding hydrogens is 282 g/mol. The molecule has 1 aliphatic carbocycles. The highest BCUT2D eigenvalue weighted by atomic mass is 32.1. The first-order valence-corrected chi connectivity index (χ1v) is 8.92. The smallest absolute Gasteiger partial charge is 0.317 e. The molecule has 2 heterocycles. The Morgan fingerprint density at radius 2 is 2.19 bits per heavy atom. The van der Waals surface area contributed by atoms with E-state index in [2.05, 4.69) is 27.7 Å². The lowest BCUT2D eigenvalue weighted by molar-refractivity contribution is 0.153. The molecule has 0 aromatic carbocycles. The molecule has 3 rings (SSSR count). The van der Waals surface area contributed by atoms with E-state index in [9.17, 15) is 4.79 Å². The van der Waals surface area contributed by atoms with Crippen LogP contribution in [0.3, 0.4) is 0 Å². The predicted molar refractivity (Wildman–Crippen MR) is 86.7 cm³/mol. The van der Waals surface area contributed by atoms with E-state index in [-0.39, 0.29) is 6.03 Å². The van der Waals surface area contributed by atoms with E-state index in [1.54, 1.807) is 11.3 Å². The Balaban J connectivity index is 1.57. The van der Waals surface area contributed by atoms with Gasteiger partial charge in [-0.2, -0.15) is 0 Å². The summed E-state index contributed by atoms with van der Waals surface area (Å²) in [4.78, 5) is 18.0. The van der Waals surface area contributed by atoms with Crippen LogP contribution in [0.4, 0.5) is 4.79 Å². The molecule has 0 spiro atoms. The fourth-order valence-electron chi connectivity index (χ4n) is 3.19. The number of thiophene rings is 1. The fourth-order valence-corrected chi connectivity index (χ4v) is 4.05. The Morgan fingerprint density at radius 3 is 2.76 bits per heavy atom. The highest BCUT2D eigenvalue weighted by Crippen LogP contribution is 2.28. The Bertz CT molecular complexity index is 452. The number of amides is 2. The third-order valence-corrected chi connectivity index (χ3v) is 5.82. The molecule has 0 bridgehead atoms. The summed E-state index contributed by atoms with van der Waals surface area (Å²) in [6.07, 6.45) is 6.12. The van der Waals surface area contributed by atoms with Crippen molar-refractivity contribution in [2.45, 2.75) is 44.2 Å². The quantitative estimate of drug-likeness (QED) is 0.907. The summed E-state index contributed by atoms with van der Waals surface area (Å²) in [7, 11) is 1.93. The first-order chi connectivity index (χ1) is 10.3. The van der Waals surface area contributed by atoms with Gasteiger partial charge in [-0.3, -0.25) is 4.90 Å². The number of nitrogens with one attached hydrogen (secondary N) is 1. The normalized spacial score (nSPS) is 21.0. The molecule has 4 nitrogen and oxygen atoms in total. The van der Waals surface area contributed by atoms with E-state index in [4.69, 9.17) is 0 Å². The second-order valence-electron chi connectivity index (χ2n) is 6.16. The summed E-state index contributed by atoms with van der Waals surface area (Å²) < 4.78 is 0. The number of carbonyl (C=O) groups is 1. The van der Waals surface area contributed by atoms with Crippen molar-refractivity contribution in [1.29, 1.82) is 0 Å². The zero-order valence-electron chi connectivity index (χ0n) is 12.8. The maximum Gasteiger partial charge on any atom is 0.317 e. The lowest BCUT2D eigenvalue weighted by Crippen LogP contribution is -2.48. The van der Waals surface area contributed by atoms with Crippen LogP contribution in [0.2, 0.25) is 0 Å². The Labute approximate surface area is 131 Å². The molecule has 2 fully saturated rings. The van der Waals surface area contributed by atoms with Crippen LogP contribution >= 0.6 is 11.3 Å². The summed E-state index contributed by atoms with van der Waals surface area (Å²) in [5.74, 6) is 0. The summed E-state index contributed by atoms with van der Waals surface area (Å²) in [6.45, 7) is 3.02. The lowest BCUT2D eigenvalue weighted by atomic mass is 9.92. The highest BCUT2D eigenvalue weighted by Gasteiger charge is 2.28. The van der Waals surface area contributed by atoms with E-state index in [0.29, 0.717) is 12.1 Å². The molecule has 1 aromatic rings. The van der Waals surface area contributed by atoms with Crippen LogP contribution in [0.25, 0.3) is 0 Å². The van der Waals surface area contributed by atoms with Crippen molar-refractivity contribution < 1.29 is 4.79 Å². The average molecular weight is 307 g/mol. The van der Waals surface area contributed by atoms with Crippen LogP contribution in [0.15, 0.2) is 17.5 Å². The monoisotopic (exact) mass is 307 g/mol. The van der Waals surface area contributed by atoms with Gasteiger partial charge in [0.05, 0.1) is 6.04 Å². The van der Waals surface area contributed by atoms with Gasteiger partial charge in [0.15, 0.2) is 0 Å². The third kappa shape index (κ3) is 3.40. The molecular formula is C16H25N3OS. The standard InChI is InChI=1S/C16H25N3OS/c1-18(13-6-4-7-13)16(20)17-12-14(15-8-5-11-21-15)19-9-2-3-10-19/h5,8,11,13-14H,2-4,6-7,9-10,12H2,1H3,(H,17,20). The van der Waals surface area contributed by atoms with Gasteiger partial charge in [0.1, 0.15) is 0 Å². The molecule has 2 amide bonds. The van der Waals surface area contributed by atoms with Gasteiger partial charge < -0.3 is 10.2 Å². The molecule has 21 heavy (non-hydrogen) atoms. The van der Waals surface area contributed by atoms with Crippen molar-refractivity contribution in [2.75, 3.05) is 26.7 Å². The van der Waals surface area contributed by atoms with Crippen LogP contribution in [0, 0.1) is 0 Å². The summed E-state index contributed by atoms with van der Waals surface area (Å²) >= 11 is 1.79. The molecule has 1 saturated heterocycles. The lowest BCUT2D eigenvalue weighted by Gasteiger charge is -2.35. The van der Waals surface area contributed by atoms with Crippen LogP contribution in [0.1, 0.15) is 43.0 Å². The van der Waals surface area contributed by atoms with E-state index in [1.807, 2.05) is 11.9 Å². The van der Waals surface area contributed by atoms with E-state index in [1.165, 1.54) is 24.1 Å². The Morgan fingerprint density at radius 1 is 1.43 bits per heavy atom. The Kier molecular flexibility index (Phi) is 4.80. The topological polar surface area (TPSA) is 35.6 Å². The van der Waals surface area contributed by atoms with Crippen molar-refractivity contribution in [3.05, 3.63) is 22.4 Å². The second kappa shape index (κ2) is 6.79. The fraction of sp³-hybridized carbons (Fsp3) is 0.688. The van der Waals surface area contributed by atoms with Crippen molar-refractivity contribution in [3.63, 3.8) is 0 Å². The van der Waals surface area contributed by atoms with Gasteiger partial charge in [0.25, 0.3) is 0 Å². The average Bonchev–Trinajstić information content (AvgIpc) is 3.09. The van der Waals surface area contributed by atoms with Crippen LogP contribution in [-0.4, -0.2) is 48.6 Å². The first-order valence-electron chi connectivity index (χ1n) is 8.04. The second-order valence-corrected chi connectivity index (χ2v) is 7.14. The summed E-state index contributed by atoms with van der Waals surface area (Å²) in [5.41, 5.74) is 0. The maximum absolute atomic E-state index is 12.3. The summed E-state index contributed by atoms with van der Waals surface area (Å²) in [5, 5.41) is 5.27. The van der Waals surface area contributed by atoms with Gasteiger partial charge in [-0.05, 0) is 56.6 Å². The third-order valence-electron chi connectivity index (χ3n) is 4.84. The number of rotatable bonds is 5. The van der Waals surface area contributed by atoms with Crippen molar-refractivity contribution in [2.24, 2.45) is 0 Å². The van der Waals surface area contributed by atoms with Gasteiger partial charge in [0.2, 0.25) is 0 Å². The predicted octanol–water partition coefficient (Wildman–Crippen LogP) is 3.08. The van der Waals surface area contributed by atoms with Crippen molar-refractivity contribution >= 4 is 17.4 Å². The number of likely N-dealkylation sites (tertiary alicyclic amines) is 1. The van der Waals surface area contributed by atoms with Gasteiger partial charge in [0, 0.05) is 24.5 Å². The molecule has 1 aromatic heterocycles. The molecule has 1 saturated carbocycles. The zero-order valence-corrected chi connectivity index (χ0v) is 13.6. The number of nitrogens with zero attached hydrogens (tertiary/aromatic N) is 2. The van der Waals surface area contributed by atoms with E-state index >= 15 is 0 Å². The van der Waals surface area contributed by atoms with Gasteiger partial charge in [-0.25, -0.2) is 4.79 Å². The SMILES string of the molecule is CN(C(=O)NCC(c1cccs1)N1CCCC1)C1CCC1. The van der Waals surface area contributed by atoms with Crippen LogP contribution in [0.5, 0.6) is 0 Å². The van der Waals surface area contributed by atoms with Crippen molar-refractivity contribution in [3.8, 4) is 0 Å². The van der Waals surface area contributed by atoms with E-state index < -0.39 is 0 Å².